The van der Waals surface area contributed by atoms with Crippen LogP contribution in [0.15, 0.2) is 24.3 Å². The lowest BCUT2D eigenvalue weighted by atomic mass is 10.0. The monoisotopic (exact) mass is 290 g/mol. The Bertz CT molecular complexity index is 683. The van der Waals surface area contributed by atoms with E-state index in [4.69, 9.17) is 0 Å². The van der Waals surface area contributed by atoms with Gasteiger partial charge in [0.25, 0.3) is 5.91 Å². The summed E-state index contributed by atoms with van der Waals surface area (Å²) < 4.78 is 11.0. The van der Waals surface area contributed by atoms with E-state index in [0.717, 1.165) is 22.2 Å². The van der Waals surface area contributed by atoms with Gasteiger partial charge in [0.15, 0.2) is 0 Å². The Morgan fingerprint density at radius 2 is 2.05 bits per heavy atom. The summed E-state index contributed by atoms with van der Waals surface area (Å²) in [4.78, 5) is 16.7. The summed E-state index contributed by atoms with van der Waals surface area (Å²) in [7, 11) is -0.901. The van der Waals surface area contributed by atoms with Crippen LogP contribution in [0.2, 0.25) is 0 Å². The lowest BCUT2D eigenvalue weighted by Crippen LogP contribution is -2.27. The molecule has 1 atom stereocenters. The Morgan fingerprint density at radius 3 is 2.75 bits per heavy atom. The second kappa shape index (κ2) is 6.13. The highest BCUT2D eigenvalue weighted by Gasteiger charge is 2.12. The summed E-state index contributed by atoms with van der Waals surface area (Å²) in [5.74, 6) is 0.323. The average Bonchev–Trinajstić information content (AvgIpc) is 2.37. The topological polar surface area (TPSA) is 59.1 Å². The van der Waals surface area contributed by atoms with Gasteiger partial charge in [-0.05, 0) is 32.0 Å². The molecular weight excluding hydrogens is 272 g/mol. The smallest absolute Gasteiger partial charge is 0.252 e. The van der Waals surface area contributed by atoms with E-state index in [2.05, 4.69) is 10.3 Å². The van der Waals surface area contributed by atoms with E-state index in [1.54, 1.807) is 12.3 Å². The van der Waals surface area contributed by atoms with Crippen LogP contribution in [0.5, 0.6) is 0 Å². The number of hydrogen-bond donors (Lipinski definition) is 1. The summed E-state index contributed by atoms with van der Waals surface area (Å²) in [5.41, 5.74) is 3.34. The zero-order valence-corrected chi connectivity index (χ0v) is 12.7. The average molecular weight is 290 g/mol. The minimum Gasteiger partial charge on any atom is -0.351 e. The van der Waals surface area contributed by atoms with Gasteiger partial charge < -0.3 is 5.32 Å². The van der Waals surface area contributed by atoms with E-state index < -0.39 is 10.8 Å². The number of carbonyl (C=O) groups excluding carboxylic acids is 1. The third kappa shape index (κ3) is 3.42. The number of rotatable bonds is 4. The first-order chi connectivity index (χ1) is 9.47. The van der Waals surface area contributed by atoms with Crippen LogP contribution < -0.4 is 5.32 Å². The SMILES string of the molecule is Cc1ccc2nc(C)cc(C(=O)NCC[S@](C)=O)c2c1. The first-order valence-corrected chi connectivity index (χ1v) is 8.16. The fraction of sp³-hybridized carbons (Fsp3) is 0.333. The molecule has 0 spiro atoms. The predicted octanol–water partition coefficient (Wildman–Crippen LogP) is 1.96. The zero-order chi connectivity index (χ0) is 14.7. The molecule has 0 fully saturated rings. The van der Waals surface area contributed by atoms with Crippen LogP contribution in [0.3, 0.4) is 0 Å². The first kappa shape index (κ1) is 14.7. The molecule has 0 unspecified atom stereocenters. The molecule has 0 radical (unpaired) electrons. The van der Waals surface area contributed by atoms with Crippen molar-refractivity contribution in [2.45, 2.75) is 13.8 Å². The van der Waals surface area contributed by atoms with E-state index in [-0.39, 0.29) is 5.91 Å². The van der Waals surface area contributed by atoms with Gasteiger partial charge in [0.05, 0.1) is 11.1 Å². The van der Waals surface area contributed by atoms with Crippen LogP contribution in [0.1, 0.15) is 21.6 Å². The third-order valence-corrected chi connectivity index (χ3v) is 3.79. The number of aromatic nitrogens is 1. The van der Waals surface area contributed by atoms with Crippen molar-refractivity contribution in [3.63, 3.8) is 0 Å². The van der Waals surface area contributed by atoms with Crippen LogP contribution in [-0.4, -0.2) is 33.7 Å². The molecule has 0 aliphatic heterocycles. The molecule has 5 heteroatoms. The Balaban J connectivity index is 2.34. The highest BCUT2D eigenvalue weighted by atomic mass is 32.2. The minimum atomic E-state index is -0.901. The Hall–Kier alpha value is -1.75. The van der Waals surface area contributed by atoms with Gasteiger partial charge in [-0.1, -0.05) is 11.6 Å². The molecule has 1 amide bonds. The minimum absolute atomic E-state index is 0.142. The van der Waals surface area contributed by atoms with Crippen molar-refractivity contribution in [1.82, 2.24) is 10.3 Å². The van der Waals surface area contributed by atoms with Gasteiger partial charge in [0.2, 0.25) is 0 Å². The van der Waals surface area contributed by atoms with Crippen molar-refractivity contribution >= 4 is 27.6 Å². The van der Waals surface area contributed by atoms with E-state index in [0.29, 0.717) is 17.9 Å². The molecule has 1 aromatic heterocycles. The van der Waals surface area contributed by atoms with Gasteiger partial charge in [-0.3, -0.25) is 14.0 Å². The summed E-state index contributed by atoms with van der Waals surface area (Å²) in [6, 6.07) is 7.67. The molecule has 2 rings (SSSR count). The molecule has 4 nitrogen and oxygen atoms in total. The molecule has 1 heterocycles. The number of amides is 1. The number of nitrogens with one attached hydrogen (secondary N) is 1. The number of nitrogens with zero attached hydrogens (tertiary/aromatic N) is 1. The summed E-state index contributed by atoms with van der Waals surface area (Å²) >= 11 is 0. The molecule has 0 aliphatic rings. The van der Waals surface area contributed by atoms with Crippen LogP contribution in [0.25, 0.3) is 10.9 Å². The molecule has 0 bridgehead atoms. The molecule has 1 aromatic carbocycles. The molecule has 0 saturated carbocycles. The lowest BCUT2D eigenvalue weighted by molar-refractivity contribution is 0.0957. The highest BCUT2D eigenvalue weighted by molar-refractivity contribution is 7.84. The third-order valence-electron chi connectivity index (χ3n) is 3.01. The fourth-order valence-corrected chi connectivity index (χ4v) is 2.45. The van der Waals surface area contributed by atoms with Crippen LogP contribution in [0, 0.1) is 13.8 Å². The number of pyridine rings is 1. The van der Waals surface area contributed by atoms with Crippen molar-refractivity contribution in [1.29, 1.82) is 0 Å². The summed E-state index contributed by atoms with van der Waals surface area (Å²) in [6.07, 6.45) is 1.63. The van der Waals surface area contributed by atoms with Gasteiger partial charge in [-0.15, -0.1) is 0 Å². The van der Waals surface area contributed by atoms with E-state index in [9.17, 15) is 9.00 Å². The van der Waals surface area contributed by atoms with Crippen molar-refractivity contribution in [3.05, 3.63) is 41.1 Å². The zero-order valence-electron chi connectivity index (χ0n) is 11.9. The fourth-order valence-electron chi connectivity index (χ4n) is 2.06. The lowest BCUT2D eigenvalue weighted by Gasteiger charge is -2.09. The number of fused-ring (bicyclic) bond motifs is 1. The molecule has 0 aliphatic carbocycles. The number of benzene rings is 1. The maximum atomic E-state index is 12.3. The molecule has 20 heavy (non-hydrogen) atoms. The number of hydrogen-bond acceptors (Lipinski definition) is 3. The van der Waals surface area contributed by atoms with Gasteiger partial charge in [-0.25, -0.2) is 0 Å². The first-order valence-electron chi connectivity index (χ1n) is 6.43. The molecule has 0 saturated heterocycles. The quantitative estimate of drug-likeness (QED) is 0.936. The van der Waals surface area contributed by atoms with E-state index in [1.165, 1.54) is 0 Å². The van der Waals surface area contributed by atoms with Gasteiger partial charge in [0.1, 0.15) is 0 Å². The number of carbonyl (C=O) groups is 1. The van der Waals surface area contributed by atoms with Crippen LogP contribution >= 0.6 is 0 Å². The highest BCUT2D eigenvalue weighted by Crippen LogP contribution is 2.19. The predicted molar refractivity (Wildman–Crippen MR) is 82.5 cm³/mol. The molecule has 1 N–H and O–H groups in total. The van der Waals surface area contributed by atoms with Gasteiger partial charge in [0, 0.05) is 40.4 Å². The molecule has 106 valence electrons. The van der Waals surface area contributed by atoms with Crippen molar-refractivity contribution in [3.8, 4) is 0 Å². The second-order valence-electron chi connectivity index (χ2n) is 4.87. The van der Waals surface area contributed by atoms with Crippen LogP contribution in [-0.2, 0) is 10.8 Å². The van der Waals surface area contributed by atoms with Crippen LogP contribution in [0.4, 0.5) is 0 Å². The largest absolute Gasteiger partial charge is 0.351 e. The Kier molecular flexibility index (Phi) is 4.49. The maximum Gasteiger partial charge on any atom is 0.252 e. The Labute approximate surface area is 121 Å². The summed E-state index contributed by atoms with van der Waals surface area (Å²) in [6.45, 7) is 4.27. The van der Waals surface area contributed by atoms with Gasteiger partial charge in [-0.2, -0.15) is 0 Å². The molecule has 2 aromatic rings. The van der Waals surface area contributed by atoms with Gasteiger partial charge >= 0.3 is 0 Å². The maximum absolute atomic E-state index is 12.3. The van der Waals surface area contributed by atoms with Crippen molar-refractivity contribution in [2.24, 2.45) is 0 Å². The standard InChI is InChI=1S/C15H18N2O2S/c1-10-4-5-14-12(8-10)13(9-11(2)17-14)15(18)16-6-7-20(3)19/h4-5,8-9H,6-7H2,1-3H3,(H,16,18)/t20-/m0/s1. The summed E-state index contributed by atoms with van der Waals surface area (Å²) in [5, 5.41) is 3.66. The molecular formula is C15H18N2O2S. The van der Waals surface area contributed by atoms with E-state index >= 15 is 0 Å². The normalized spacial score (nSPS) is 12.3. The number of aryl methyl sites for hydroxylation is 2. The van der Waals surface area contributed by atoms with Crippen molar-refractivity contribution < 1.29 is 9.00 Å². The Morgan fingerprint density at radius 1 is 1.30 bits per heavy atom. The second-order valence-corrected chi connectivity index (χ2v) is 6.42. The van der Waals surface area contributed by atoms with Crippen molar-refractivity contribution in [2.75, 3.05) is 18.6 Å². The van der Waals surface area contributed by atoms with E-state index in [1.807, 2.05) is 32.0 Å².